The van der Waals surface area contributed by atoms with Crippen LogP contribution in [0.3, 0.4) is 0 Å². The molecule has 25 heavy (non-hydrogen) atoms. The third-order valence-corrected chi connectivity index (χ3v) is 4.23. The van der Waals surface area contributed by atoms with Crippen molar-refractivity contribution in [1.82, 2.24) is 15.5 Å². The number of nitrogens with zero attached hydrogens (tertiary/aromatic N) is 1. The normalized spacial score (nSPS) is 19.1. The Morgan fingerprint density at radius 3 is 2.68 bits per heavy atom. The zero-order chi connectivity index (χ0) is 18.3. The van der Waals surface area contributed by atoms with Gasteiger partial charge in [-0.2, -0.15) is 0 Å². The highest BCUT2D eigenvalue weighted by Gasteiger charge is 2.29. The van der Waals surface area contributed by atoms with E-state index >= 15 is 0 Å². The Morgan fingerprint density at radius 1 is 1.28 bits per heavy atom. The molecule has 6 nitrogen and oxygen atoms in total. The Labute approximate surface area is 149 Å². The molecule has 1 fully saturated rings. The largest absolute Gasteiger partial charge is 0.375 e. The van der Waals surface area contributed by atoms with Crippen LogP contribution in [0.2, 0.25) is 0 Å². The Hall–Kier alpha value is -1.92. The van der Waals surface area contributed by atoms with E-state index in [0.717, 1.165) is 26.1 Å². The summed E-state index contributed by atoms with van der Waals surface area (Å²) in [7, 11) is 0. The van der Waals surface area contributed by atoms with E-state index in [9.17, 15) is 9.59 Å². The Kier molecular flexibility index (Phi) is 6.96. The number of benzene rings is 1. The van der Waals surface area contributed by atoms with Crippen molar-refractivity contribution in [3.63, 3.8) is 0 Å². The van der Waals surface area contributed by atoms with Crippen molar-refractivity contribution < 1.29 is 14.3 Å². The Morgan fingerprint density at radius 2 is 2.00 bits per heavy atom. The molecule has 1 aromatic rings. The van der Waals surface area contributed by atoms with Crippen LogP contribution in [-0.2, 0) is 20.9 Å². The van der Waals surface area contributed by atoms with Gasteiger partial charge in [0.2, 0.25) is 11.8 Å². The maximum Gasteiger partial charge on any atom is 0.245 e. The summed E-state index contributed by atoms with van der Waals surface area (Å²) in [5, 5.41) is 5.56. The molecule has 1 aromatic carbocycles. The van der Waals surface area contributed by atoms with Gasteiger partial charge in [-0.1, -0.05) is 30.3 Å². The van der Waals surface area contributed by atoms with Gasteiger partial charge in [-0.25, -0.2) is 0 Å². The van der Waals surface area contributed by atoms with Crippen LogP contribution >= 0.6 is 0 Å². The highest BCUT2D eigenvalue weighted by molar-refractivity contribution is 5.90. The summed E-state index contributed by atoms with van der Waals surface area (Å²) in [5.41, 5.74) is 0.347. The molecule has 0 aromatic heterocycles. The van der Waals surface area contributed by atoms with E-state index < -0.39 is 5.54 Å². The van der Waals surface area contributed by atoms with Crippen LogP contribution in [0.25, 0.3) is 0 Å². The summed E-state index contributed by atoms with van der Waals surface area (Å²) >= 11 is 0. The first-order chi connectivity index (χ1) is 11.9. The van der Waals surface area contributed by atoms with Crippen molar-refractivity contribution >= 4 is 11.8 Å². The minimum Gasteiger partial charge on any atom is -0.375 e. The molecule has 2 N–H and O–H groups in total. The number of hydrogen-bond donors (Lipinski definition) is 2. The third-order valence-electron chi connectivity index (χ3n) is 4.23. The molecule has 0 unspecified atom stereocenters. The fourth-order valence-corrected chi connectivity index (χ4v) is 3.00. The molecule has 0 aliphatic carbocycles. The highest BCUT2D eigenvalue weighted by atomic mass is 16.5. The molecule has 0 saturated carbocycles. The molecule has 6 heteroatoms. The second-order valence-corrected chi connectivity index (χ2v) is 7.08. The minimum absolute atomic E-state index is 0.0525. The second kappa shape index (κ2) is 8.97. The van der Waals surface area contributed by atoms with Gasteiger partial charge in [0.15, 0.2) is 0 Å². The maximum absolute atomic E-state index is 12.3. The van der Waals surface area contributed by atoms with E-state index in [4.69, 9.17) is 4.74 Å². The van der Waals surface area contributed by atoms with E-state index in [-0.39, 0.29) is 17.9 Å². The van der Waals surface area contributed by atoms with E-state index in [1.54, 1.807) is 13.8 Å². The SMILES string of the molecule is CC(=O)NC(C)(C)C(=O)NC[C@H]1CN(Cc2ccccc2)CCCO1. The number of ether oxygens (including phenoxy) is 1. The van der Waals surface area contributed by atoms with E-state index in [2.05, 4.69) is 27.7 Å². The number of carbonyl (C=O) groups excluding carboxylic acids is 2. The number of nitrogens with one attached hydrogen (secondary N) is 2. The molecule has 1 atom stereocenters. The molecule has 0 spiro atoms. The first-order valence-electron chi connectivity index (χ1n) is 8.82. The van der Waals surface area contributed by atoms with Crippen LogP contribution in [0, 0.1) is 0 Å². The molecule has 2 amide bonds. The molecule has 1 heterocycles. The smallest absolute Gasteiger partial charge is 0.245 e. The predicted octanol–water partition coefficient (Wildman–Crippen LogP) is 1.31. The lowest BCUT2D eigenvalue weighted by Crippen LogP contribution is -2.55. The van der Waals surface area contributed by atoms with Crippen molar-refractivity contribution in [3.05, 3.63) is 35.9 Å². The molecule has 1 aliphatic rings. The fraction of sp³-hybridized carbons (Fsp3) is 0.579. The van der Waals surface area contributed by atoms with Gasteiger partial charge in [0.05, 0.1) is 6.10 Å². The number of carbonyl (C=O) groups is 2. The average Bonchev–Trinajstić information content (AvgIpc) is 2.77. The Bertz CT molecular complexity index is 575. The summed E-state index contributed by atoms with van der Waals surface area (Å²) in [6.45, 7) is 8.57. The number of hydrogen-bond acceptors (Lipinski definition) is 4. The summed E-state index contributed by atoms with van der Waals surface area (Å²) in [6.07, 6.45) is 0.928. The quantitative estimate of drug-likeness (QED) is 0.814. The van der Waals surface area contributed by atoms with Gasteiger partial charge < -0.3 is 15.4 Å². The molecular weight excluding hydrogens is 318 g/mol. The lowest BCUT2D eigenvalue weighted by Gasteiger charge is -2.27. The third kappa shape index (κ3) is 6.48. The van der Waals surface area contributed by atoms with Gasteiger partial charge in [-0.15, -0.1) is 0 Å². The van der Waals surface area contributed by atoms with Crippen molar-refractivity contribution in [2.24, 2.45) is 0 Å². The zero-order valence-electron chi connectivity index (χ0n) is 15.4. The second-order valence-electron chi connectivity index (χ2n) is 7.08. The molecule has 1 aliphatic heterocycles. The zero-order valence-corrected chi connectivity index (χ0v) is 15.4. The van der Waals surface area contributed by atoms with Crippen LogP contribution in [0.15, 0.2) is 30.3 Å². The van der Waals surface area contributed by atoms with Gasteiger partial charge in [0.1, 0.15) is 5.54 Å². The van der Waals surface area contributed by atoms with E-state index in [0.29, 0.717) is 13.2 Å². The van der Waals surface area contributed by atoms with Crippen molar-refractivity contribution in [1.29, 1.82) is 0 Å². The molecule has 138 valence electrons. The molecule has 1 saturated heterocycles. The number of rotatable bonds is 6. The monoisotopic (exact) mass is 347 g/mol. The molecular formula is C19H29N3O3. The average molecular weight is 347 g/mol. The van der Waals surface area contributed by atoms with Crippen LogP contribution in [0.4, 0.5) is 0 Å². The summed E-state index contributed by atoms with van der Waals surface area (Å²) in [4.78, 5) is 25.9. The highest BCUT2D eigenvalue weighted by Crippen LogP contribution is 2.11. The minimum atomic E-state index is -0.930. The first-order valence-corrected chi connectivity index (χ1v) is 8.82. The van der Waals surface area contributed by atoms with Crippen LogP contribution < -0.4 is 10.6 Å². The van der Waals surface area contributed by atoms with E-state index in [1.165, 1.54) is 12.5 Å². The van der Waals surface area contributed by atoms with Crippen molar-refractivity contribution in [3.8, 4) is 0 Å². The molecule has 0 bridgehead atoms. The molecule has 2 rings (SSSR count). The standard InChI is InChI=1S/C19H29N3O3/c1-15(23)21-19(2,3)18(24)20-12-17-14-22(10-7-11-25-17)13-16-8-5-4-6-9-16/h4-6,8-9,17H,7,10-14H2,1-3H3,(H,20,24)(H,21,23)/t17-/m0/s1. The lowest BCUT2D eigenvalue weighted by atomic mass is 10.0. The van der Waals surface area contributed by atoms with Crippen LogP contribution in [0.5, 0.6) is 0 Å². The first kappa shape index (κ1) is 19.4. The van der Waals surface area contributed by atoms with Gasteiger partial charge in [-0.3, -0.25) is 14.5 Å². The molecule has 0 radical (unpaired) electrons. The predicted molar refractivity (Wildman–Crippen MR) is 97.0 cm³/mol. The topological polar surface area (TPSA) is 70.7 Å². The van der Waals surface area contributed by atoms with Crippen molar-refractivity contribution in [2.45, 2.75) is 45.4 Å². The van der Waals surface area contributed by atoms with Gasteiger partial charge in [0.25, 0.3) is 0 Å². The lowest BCUT2D eigenvalue weighted by molar-refractivity contribution is -0.132. The van der Waals surface area contributed by atoms with Gasteiger partial charge >= 0.3 is 0 Å². The van der Waals surface area contributed by atoms with Crippen LogP contribution in [-0.4, -0.2) is 54.6 Å². The van der Waals surface area contributed by atoms with Crippen molar-refractivity contribution in [2.75, 3.05) is 26.2 Å². The fourth-order valence-electron chi connectivity index (χ4n) is 3.00. The Balaban J connectivity index is 1.86. The van der Waals surface area contributed by atoms with Gasteiger partial charge in [-0.05, 0) is 25.8 Å². The maximum atomic E-state index is 12.3. The van der Waals surface area contributed by atoms with Crippen LogP contribution in [0.1, 0.15) is 32.8 Å². The van der Waals surface area contributed by atoms with Gasteiger partial charge in [0, 0.05) is 39.7 Å². The summed E-state index contributed by atoms with van der Waals surface area (Å²) in [5.74, 6) is -0.426. The summed E-state index contributed by atoms with van der Waals surface area (Å²) < 4.78 is 5.87. The van der Waals surface area contributed by atoms with E-state index in [1.807, 2.05) is 18.2 Å². The summed E-state index contributed by atoms with van der Waals surface area (Å²) in [6, 6.07) is 10.4. The number of amides is 2.